The van der Waals surface area contributed by atoms with Gasteiger partial charge in [0.1, 0.15) is 11.7 Å². The number of hydrogen-bond acceptors (Lipinski definition) is 3. The summed E-state index contributed by atoms with van der Waals surface area (Å²) in [6, 6.07) is 5.69. The molecule has 1 unspecified atom stereocenters. The van der Waals surface area contributed by atoms with E-state index < -0.39 is 0 Å². The Morgan fingerprint density at radius 1 is 1.42 bits per heavy atom. The van der Waals surface area contributed by atoms with Gasteiger partial charge in [-0.05, 0) is 56.3 Å². The number of rotatable bonds is 5. The van der Waals surface area contributed by atoms with Crippen LogP contribution in [0.1, 0.15) is 36.8 Å². The molecule has 3 heterocycles. The lowest BCUT2D eigenvalue weighted by Crippen LogP contribution is -2.46. The minimum atomic E-state index is -0.157. The second-order valence-corrected chi connectivity index (χ2v) is 6.80. The molecule has 0 aromatic heterocycles. The summed E-state index contributed by atoms with van der Waals surface area (Å²) >= 11 is 0. The van der Waals surface area contributed by atoms with Crippen LogP contribution >= 0.6 is 0 Å². The number of benzene rings is 1. The van der Waals surface area contributed by atoms with Crippen LogP contribution in [0.25, 0.3) is 0 Å². The molecule has 0 amide bonds. The number of piperidine rings is 3. The molecule has 1 aromatic rings. The standard InChI is InChI=1S/C19H27FN4/c1-3-22-19(13(2)21)23-11-16-5-4-15(10-18(16)20)17-12-24-8-6-14(17)7-9-24/h4-5,10,14,17H,2-3,6-9,11-12,21H2,1H3,(H,22,23). The van der Waals surface area contributed by atoms with E-state index in [1.807, 2.05) is 13.0 Å². The Hall–Kier alpha value is -1.88. The van der Waals surface area contributed by atoms with Gasteiger partial charge in [-0.15, -0.1) is 0 Å². The Balaban J connectivity index is 1.69. The van der Waals surface area contributed by atoms with Gasteiger partial charge in [0.2, 0.25) is 0 Å². The Bertz CT molecular complexity index is 632. The van der Waals surface area contributed by atoms with Crippen LogP contribution in [0.3, 0.4) is 0 Å². The van der Waals surface area contributed by atoms with Crippen LogP contribution < -0.4 is 11.1 Å². The molecule has 1 aromatic carbocycles. The third-order valence-electron chi connectivity index (χ3n) is 5.23. The fraction of sp³-hybridized carbons (Fsp3) is 0.526. The van der Waals surface area contributed by atoms with E-state index in [2.05, 4.69) is 27.9 Å². The van der Waals surface area contributed by atoms with Crippen molar-refractivity contribution in [2.75, 3.05) is 26.2 Å². The molecule has 0 saturated carbocycles. The fourth-order valence-electron chi connectivity index (χ4n) is 3.89. The summed E-state index contributed by atoms with van der Waals surface area (Å²) in [5, 5.41) is 3.08. The normalized spacial score (nSPS) is 26.4. The molecule has 2 bridgehead atoms. The van der Waals surface area contributed by atoms with Gasteiger partial charge in [0, 0.05) is 25.2 Å². The quantitative estimate of drug-likeness (QED) is 0.644. The second-order valence-electron chi connectivity index (χ2n) is 6.80. The average Bonchev–Trinajstić information content (AvgIpc) is 2.60. The highest BCUT2D eigenvalue weighted by Crippen LogP contribution is 2.39. The van der Waals surface area contributed by atoms with Gasteiger partial charge in [0.15, 0.2) is 0 Å². The van der Waals surface area contributed by atoms with Crippen LogP contribution in [-0.2, 0) is 6.54 Å². The summed E-state index contributed by atoms with van der Waals surface area (Å²) in [6.07, 6.45) is 2.48. The van der Waals surface area contributed by atoms with Crippen molar-refractivity contribution in [1.29, 1.82) is 0 Å². The molecular weight excluding hydrogens is 303 g/mol. The molecule has 0 radical (unpaired) electrons. The van der Waals surface area contributed by atoms with E-state index in [-0.39, 0.29) is 5.82 Å². The first-order valence-electron chi connectivity index (χ1n) is 8.82. The zero-order valence-corrected chi connectivity index (χ0v) is 14.4. The van der Waals surface area contributed by atoms with Crippen molar-refractivity contribution in [1.82, 2.24) is 10.2 Å². The van der Waals surface area contributed by atoms with Gasteiger partial charge in [-0.25, -0.2) is 4.39 Å². The number of nitrogens with one attached hydrogen (secondary N) is 1. The molecule has 3 aliphatic heterocycles. The number of halogens is 1. The monoisotopic (exact) mass is 330 g/mol. The fourth-order valence-corrected chi connectivity index (χ4v) is 3.89. The van der Waals surface area contributed by atoms with Crippen molar-refractivity contribution < 1.29 is 4.39 Å². The minimum Gasteiger partial charge on any atom is -0.396 e. The van der Waals surface area contributed by atoms with E-state index in [0.29, 0.717) is 42.0 Å². The van der Waals surface area contributed by atoms with Gasteiger partial charge in [0.05, 0.1) is 5.70 Å². The molecule has 3 aliphatic rings. The Kier molecular flexibility index (Phi) is 5.19. The molecule has 24 heavy (non-hydrogen) atoms. The highest BCUT2D eigenvalue weighted by atomic mass is 19.1. The number of nitrogens with zero attached hydrogens (tertiary/aromatic N) is 2. The first kappa shape index (κ1) is 17.0. The summed E-state index contributed by atoms with van der Waals surface area (Å²) in [4.78, 5) is 6.74. The van der Waals surface area contributed by atoms with Crippen LogP contribution in [0.5, 0.6) is 0 Å². The van der Waals surface area contributed by atoms with Gasteiger partial charge in [-0.2, -0.15) is 0 Å². The molecule has 5 heteroatoms. The molecule has 1 atom stereocenters. The third-order valence-corrected chi connectivity index (χ3v) is 5.23. The number of aliphatic imine (C=N–C) groups is 1. The van der Waals surface area contributed by atoms with Crippen LogP contribution in [-0.4, -0.2) is 36.9 Å². The molecule has 4 rings (SSSR count). The molecular formula is C19H27FN4. The summed E-state index contributed by atoms with van der Waals surface area (Å²) in [7, 11) is 0. The van der Waals surface area contributed by atoms with Crippen LogP contribution in [0, 0.1) is 11.7 Å². The SMILES string of the molecule is C=C(N)/C(=N\CC)NCc1ccc(C2CN3CCC2CC3)cc1F. The van der Waals surface area contributed by atoms with Gasteiger partial charge < -0.3 is 16.0 Å². The molecule has 0 aliphatic carbocycles. The highest BCUT2D eigenvalue weighted by Gasteiger charge is 2.35. The second kappa shape index (κ2) is 7.34. The van der Waals surface area contributed by atoms with Crippen LogP contribution in [0.2, 0.25) is 0 Å². The van der Waals surface area contributed by atoms with Gasteiger partial charge in [0.25, 0.3) is 0 Å². The number of amidine groups is 1. The van der Waals surface area contributed by atoms with E-state index in [4.69, 9.17) is 5.73 Å². The molecule has 3 fully saturated rings. The first-order chi connectivity index (χ1) is 11.6. The molecule has 3 N–H and O–H groups in total. The predicted molar refractivity (Wildman–Crippen MR) is 96.4 cm³/mol. The van der Waals surface area contributed by atoms with Crippen LogP contribution in [0.15, 0.2) is 35.5 Å². The zero-order chi connectivity index (χ0) is 17.1. The van der Waals surface area contributed by atoms with E-state index in [0.717, 1.165) is 12.1 Å². The maximum atomic E-state index is 14.5. The summed E-state index contributed by atoms with van der Waals surface area (Å²) < 4.78 is 14.5. The van der Waals surface area contributed by atoms with E-state index in [1.54, 1.807) is 6.07 Å². The number of fused-ring (bicyclic) bond motifs is 3. The number of hydrogen-bond donors (Lipinski definition) is 2. The predicted octanol–water partition coefficient (Wildman–Crippen LogP) is 2.62. The summed E-state index contributed by atoms with van der Waals surface area (Å²) in [5.74, 6) is 1.57. The van der Waals surface area contributed by atoms with Crippen molar-refractivity contribution >= 4 is 5.84 Å². The van der Waals surface area contributed by atoms with Crippen molar-refractivity contribution in [3.05, 3.63) is 47.4 Å². The highest BCUT2D eigenvalue weighted by molar-refractivity contribution is 5.96. The van der Waals surface area contributed by atoms with Gasteiger partial charge >= 0.3 is 0 Å². The zero-order valence-electron chi connectivity index (χ0n) is 14.4. The Morgan fingerprint density at radius 3 is 2.71 bits per heavy atom. The van der Waals surface area contributed by atoms with Gasteiger partial charge in [-0.3, -0.25) is 4.99 Å². The maximum Gasteiger partial charge on any atom is 0.144 e. The van der Waals surface area contributed by atoms with Crippen molar-refractivity contribution in [3.63, 3.8) is 0 Å². The van der Waals surface area contributed by atoms with Crippen molar-refractivity contribution in [3.8, 4) is 0 Å². The van der Waals surface area contributed by atoms with Gasteiger partial charge in [-0.1, -0.05) is 18.7 Å². The minimum absolute atomic E-state index is 0.157. The number of nitrogens with two attached hydrogens (primary N) is 1. The van der Waals surface area contributed by atoms with E-state index in [1.165, 1.54) is 25.9 Å². The lowest BCUT2D eigenvalue weighted by molar-refractivity contribution is 0.0870. The third kappa shape index (κ3) is 3.61. The van der Waals surface area contributed by atoms with Crippen LogP contribution in [0.4, 0.5) is 4.39 Å². The van der Waals surface area contributed by atoms with Crippen molar-refractivity contribution in [2.24, 2.45) is 16.6 Å². The molecule has 4 nitrogen and oxygen atoms in total. The first-order valence-corrected chi connectivity index (χ1v) is 8.82. The maximum absolute atomic E-state index is 14.5. The topological polar surface area (TPSA) is 53.6 Å². The van der Waals surface area contributed by atoms with E-state index >= 15 is 0 Å². The average molecular weight is 330 g/mol. The van der Waals surface area contributed by atoms with E-state index in [9.17, 15) is 4.39 Å². The lowest BCUT2D eigenvalue weighted by Gasteiger charge is -2.45. The summed E-state index contributed by atoms with van der Waals surface area (Å²) in [5.41, 5.74) is 7.84. The smallest absolute Gasteiger partial charge is 0.144 e. The Labute approximate surface area is 143 Å². The largest absolute Gasteiger partial charge is 0.396 e. The molecule has 0 spiro atoms. The van der Waals surface area contributed by atoms with Crippen molar-refractivity contribution in [2.45, 2.75) is 32.2 Å². The molecule has 3 saturated heterocycles. The summed E-state index contributed by atoms with van der Waals surface area (Å²) in [6.45, 7) is 10.1. The molecule has 130 valence electrons. The Morgan fingerprint density at radius 2 is 2.17 bits per heavy atom. The lowest BCUT2D eigenvalue weighted by atomic mass is 9.75.